The van der Waals surface area contributed by atoms with E-state index < -0.39 is 17.4 Å². The lowest BCUT2D eigenvalue weighted by atomic mass is 10.2. The van der Waals surface area contributed by atoms with Crippen molar-refractivity contribution in [3.63, 3.8) is 0 Å². The number of hydrogen-bond donors (Lipinski definition) is 0. The standard InChI is InChI=1S/C8H7F2NO2/c1-13-8-6(9)3-2-5(4-11-12)7(8)10/h2-3H,4H2,1H3. The van der Waals surface area contributed by atoms with Crippen molar-refractivity contribution >= 4 is 0 Å². The molecule has 0 fully saturated rings. The van der Waals surface area contributed by atoms with Crippen molar-refractivity contribution in [3.05, 3.63) is 34.2 Å². The first-order valence-electron chi connectivity index (χ1n) is 3.50. The lowest BCUT2D eigenvalue weighted by Gasteiger charge is -2.05. The Labute approximate surface area is 73.3 Å². The Kier molecular flexibility index (Phi) is 2.89. The normalized spacial score (nSPS) is 9.77. The van der Waals surface area contributed by atoms with Crippen molar-refractivity contribution in [1.29, 1.82) is 0 Å². The summed E-state index contributed by atoms with van der Waals surface area (Å²) in [5.74, 6) is -2.15. The molecule has 1 aromatic rings. The highest BCUT2D eigenvalue weighted by Crippen LogP contribution is 2.24. The molecule has 0 heterocycles. The fourth-order valence-corrected chi connectivity index (χ4v) is 0.952. The summed E-state index contributed by atoms with van der Waals surface area (Å²) in [5.41, 5.74) is 0.0215. The Morgan fingerprint density at radius 3 is 2.69 bits per heavy atom. The first-order chi connectivity index (χ1) is 6.20. The number of rotatable bonds is 3. The summed E-state index contributed by atoms with van der Waals surface area (Å²) in [4.78, 5) is 9.86. The van der Waals surface area contributed by atoms with Crippen molar-refractivity contribution in [2.75, 3.05) is 7.11 Å². The predicted molar refractivity (Wildman–Crippen MR) is 42.4 cm³/mol. The number of benzene rings is 1. The van der Waals surface area contributed by atoms with E-state index in [0.717, 1.165) is 19.2 Å². The molecular weight excluding hydrogens is 180 g/mol. The highest BCUT2D eigenvalue weighted by molar-refractivity contribution is 5.32. The fraction of sp³-hybridized carbons (Fsp3) is 0.250. The van der Waals surface area contributed by atoms with Crippen LogP contribution in [0.5, 0.6) is 5.75 Å². The Hall–Kier alpha value is -1.52. The summed E-state index contributed by atoms with van der Waals surface area (Å²) < 4.78 is 30.4. The second-order valence-electron chi connectivity index (χ2n) is 2.34. The van der Waals surface area contributed by atoms with Crippen molar-refractivity contribution < 1.29 is 13.5 Å². The van der Waals surface area contributed by atoms with E-state index in [4.69, 9.17) is 0 Å². The number of halogens is 2. The van der Waals surface area contributed by atoms with Gasteiger partial charge in [0.25, 0.3) is 0 Å². The van der Waals surface area contributed by atoms with Crippen molar-refractivity contribution in [3.8, 4) is 5.75 Å². The van der Waals surface area contributed by atoms with Gasteiger partial charge in [0.05, 0.1) is 7.11 Å². The maximum absolute atomic E-state index is 13.2. The summed E-state index contributed by atoms with van der Waals surface area (Å²) in [6.45, 7) is -0.331. The average Bonchev–Trinajstić information content (AvgIpc) is 2.11. The topological polar surface area (TPSA) is 38.7 Å². The Morgan fingerprint density at radius 1 is 1.46 bits per heavy atom. The molecular formula is C8H7F2NO2. The molecule has 0 aliphatic heterocycles. The van der Waals surface area contributed by atoms with Crippen molar-refractivity contribution in [2.24, 2.45) is 5.18 Å². The molecule has 0 aliphatic rings. The molecule has 0 saturated carbocycles. The molecule has 5 heteroatoms. The third-order valence-electron chi connectivity index (χ3n) is 1.57. The van der Waals surface area contributed by atoms with Crippen LogP contribution in [0.15, 0.2) is 17.3 Å². The number of hydrogen-bond acceptors (Lipinski definition) is 3. The largest absolute Gasteiger partial charge is 0.491 e. The van der Waals surface area contributed by atoms with Crippen LogP contribution in [0.3, 0.4) is 0 Å². The molecule has 13 heavy (non-hydrogen) atoms. The fourth-order valence-electron chi connectivity index (χ4n) is 0.952. The third kappa shape index (κ3) is 1.80. The number of nitrogens with zero attached hydrogens (tertiary/aromatic N) is 1. The van der Waals surface area contributed by atoms with E-state index in [-0.39, 0.29) is 12.1 Å². The molecule has 0 saturated heterocycles. The molecule has 1 rings (SSSR count). The van der Waals surface area contributed by atoms with Gasteiger partial charge in [-0.05, 0) is 6.07 Å². The highest BCUT2D eigenvalue weighted by atomic mass is 19.1. The second-order valence-corrected chi connectivity index (χ2v) is 2.34. The van der Waals surface area contributed by atoms with Gasteiger partial charge in [0.2, 0.25) is 0 Å². The number of methoxy groups -OCH3 is 1. The van der Waals surface area contributed by atoms with E-state index in [1.165, 1.54) is 0 Å². The molecule has 0 aromatic heterocycles. The van der Waals surface area contributed by atoms with Crippen molar-refractivity contribution in [2.45, 2.75) is 6.54 Å². The van der Waals surface area contributed by atoms with E-state index in [9.17, 15) is 13.7 Å². The van der Waals surface area contributed by atoms with Crippen LogP contribution in [0, 0.1) is 16.5 Å². The van der Waals surface area contributed by atoms with E-state index in [1.54, 1.807) is 0 Å². The van der Waals surface area contributed by atoms with Gasteiger partial charge in [-0.1, -0.05) is 11.2 Å². The maximum atomic E-state index is 13.2. The summed E-state index contributed by atoms with van der Waals surface area (Å²) in [6, 6.07) is 2.19. The zero-order valence-corrected chi connectivity index (χ0v) is 6.88. The molecule has 0 unspecified atom stereocenters. The van der Waals surface area contributed by atoms with Gasteiger partial charge in [-0.3, -0.25) is 0 Å². The summed E-state index contributed by atoms with van der Waals surface area (Å²) >= 11 is 0. The monoisotopic (exact) mass is 187 g/mol. The number of nitroso groups, excluding NO2 is 1. The molecule has 0 radical (unpaired) electrons. The van der Waals surface area contributed by atoms with Gasteiger partial charge in [-0.2, -0.15) is 4.91 Å². The molecule has 3 nitrogen and oxygen atoms in total. The van der Waals surface area contributed by atoms with E-state index in [1.807, 2.05) is 0 Å². The van der Waals surface area contributed by atoms with Gasteiger partial charge in [0.1, 0.15) is 6.54 Å². The minimum absolute atomic E-state index is 0.0215. The third-order valence-corrected chi connectivity index (χ3v) is 1.57. The van der Waals surface area contributed by atoms with Gasteiger partial charge in [0, 0.05) is 5.56 Å². The molecule has 0 amide bonds. The summed E-state index contributed by atoms with van der Waals surface area (Å²) in [5, 5.41) is 2.50. The molecule has 0 atom stereocenters. The minimum Gasteiger partial charge on any atom is -0.491 e. The number of ether oxygens (including phenoxy) is 1. The Morgan fingerprint density at radius 2 is 2.15 bits per heavy atom. The SMILES string of the molecule is COc1c(F)ccc(CN=O)c1F. The van der Waals surface area contributed by atoms with E-state index >= 15 is 0 Å². The Balaban J connectivity index is 3.18. The summed E-state index contributed by atoms with van der Waals surface area (Å²) in [7, 11) is 1.15. The average molecular weight is 187 g/mol. The molecule has 0 spiro atoms. The van der Waals surface area contributed by atoms with E-state index in [0.29, 0.717) is 0 Å². The van der Waals surface area contributed by atoms with Gasteiger partial charge in [-0.25, -0.2) is 8.78 Å². The zero-order chi connectivity index (χ0) is 9.84. The van der Waals surface area contributed by atoms with Crippen LogP contribution in [-0.4, -0.2) is 7.11 Å². The minimum atomic E-state index is -0.873. The van der Waals surface area contributed by atoms with Crippen LogP contribution in [0.1, 0.15) is 5.56 Å². The molecule has 70 valence electrons. The van der Waals surface area contributed by atoms with Crippen LogP contribution in [-0.2, 0) is 6.54 Å². The smallest absolute Gasteiger partial charge is 0.190 e. The molecule has 0 N–H and O–H groups in total. The highest BCUT2D eigenvalue weighted by Gasteiger charge is 2.13. The maximum Gasteiger partial charge on any atom is 0.190 e. The van der Waals surface area contributed by atoms with Crippen LogP contribution < -0.4 is 4.74 Å². The Bertz CT molecular complexity index is 328. The van der Waals surface area contributed by atoms with Crippen LogP contribution in [0.25, 0.3) is 0 Å². The molecule has 1 aromatic carbocycles. The van der Waals surface area contributed by atoms with Crippen LogP contribution in [0.4, 0.5) is 8.78 Å². The first-order valence-corrected chi connectivity index (χ1v) is 3.50. The van der Waals surface area contributed by atoms with Gasteiger partial charge in [0.15, 0.2) is 17.4 Å². The summed E-state index contributed by atoms with van der Waals surface area (Å²) in [6.07, 6.45) is 0. The van der Waals surface area contributed by atoms with Crippen LogP contribution in [0.2, 0.25) is 0 Å². The predicted octanol–water partition coefficient (Wildman–Crippen LogP) is 2.24. The van der Waals surface area contributed by atoms with E-state index in [2.05, 4.69) is 9.91 Å². The van der Waals surface area contributed by atoms with Crippen LogP contribution >= 0.6 is 0 Å². The quantitative estimate of drug-likeness (QED) is 0.680. The van der Waals surface area contributed by atoms with Gasteiger partial charge in [-0.15, -0.1) is 0 Å². The lowest BCUT2D eigenvalue weighted by Crippen LogP contribution is -1.97. The van der Waals surface area contributed by atoms with Gasteiger partial charge >= 0.3 is 0 Å². The second kappa shape index (κ2) is 3.93. The first kappa shape index (κ1) is 9.57. The molecule has 0 aliphatic carbocycles. The molecule has 0 bridgehead atoms. The van der Waals surface area contributed by atoms with Crippen molar-refractivity contribution in [1.82, 2.24) is 0 Å². The lowest BCUT2D eigenvalue weighted by molar-refractivity contribution is 0.357. The zero-order valence-electron chi connectivity index (χ0n) is 6.88. The van der Waals surface area contributed by atoms with Gasteiger partial charge < -0.3 is 4.74 Å².